The predicted octanol–water partition coefficient (Wildman–Crippen LogP) is 15.1. The normalized spacial score (nSPS) is 12.2. The number of para-hydroxylation sites is 2. The topological polar surface area (TPSA) is 43.9 Å². The van der Waals surface area contributed by atoms with E-state index in [1.165, 1.54) is 37.9 Å². The van der Waals surface area contributed by atoms with Gasteiger partial charge in [0.05, 0.1) is 22.4 Å². The molecule has 3 aromatic heterocycles. The molecule has 0 bridgehead atoms. The zero-order valence-corrected chi connectivity index (χ0v) is 41.2. The molecular weight excluding hydrogens is 1010 g/mol. The predicted molar refractivity (Wildman–Crippen MR) is 263 cm³/mol. The van der Waals surface area contributed by atoms with Crippen LogP contribution in [0.1, 0.15) is 54.8 Å². The van der Waals surface area contributed by atoms with E-state index < -0.39 is 13.3 Å². The molecule has 0 aliphatic rings. The summed E-state index contributed by atoms with van der Waals surface area (Å²) in [6.45, 7) is 9.14. The van der Waals surface area contributed by atoms with Crippen molar-refractivity contribution in [1.29, 1.82) is 0 Å². The summed E-state index contributed by atoms with van der Waals surface area (Å²) in [4.78, 5) is 9.71. The van der Waals surface area contributed by atoms with Gasteiger partial charge in [-0.05, 0) is 75.5 Å². The van der Waals surface area contributed by atoms with E-state index in [4.69, 9.17) is 13.5 Å². The minimum absolute atomic E-state index is 0. The molecule has 315 valence electrons. The molecular formula is C57H51GeIrN3O-2. The van der Waals surface area contributed by atoms with Crippen molar-refractivity contribution in [1.82, 2.24) is 14.5 Å². The molecule has 0 aliphatic carbocycles. The van der Waals surface area contributed by atoms with Crippen molar-refractivity contribution in [2.75, 3.05) is 0 Å². The fourth-order valence-corrected chi connectivity index (χ4v) is 10.3. The number of hydrogen-bond acceptors (Lipinski definition) is 3. The molecule has 0 amide bonds. The van der Waals surface area contributed by atoms with Crippen LogP contribution in [0.25, 0.3) is 83.6 Å². The number of rotatable bonds is 8. The monoisotopic (exact) mass is 1060 g/mol. The third kappa shape index (κ3) is 8.88. The summed E-state index contributed by atoms with van der Waals surface area (Å²) in [7, 11) is 0. The van der Waals surface area contributed by atoms with Crippen LogP contribution in [0, 0.1) is 12.1 Å². The Balaban J connectivity index is 0.000000249. The number of pyridine rings is 1. The van der Waals surface area contributed by atoms with Crippen molar-refractivity contribution in [2.45, 2.75) is 56.8 Å². The molecule has 0 atom stereocenters. The Morgan fingerprint density at radius 1 is 0.651 bits per heavy atom. The summed E-state index contributed by atoms with van der Waals surface area (Å²) >= 11 is -1.86. The Hall–Kier alpha value is -5.85. The number of furan rings is 1. The standard InChI is InChI=1S/C43H35N2O.C14H16GeN.Ir/c1-27(2)36-24-32(30-16-9-6-10-17-30)25-37(28(3)4)41(36)45-39-21-12-11-20-38(39)44-43(45)35-19-13-18-34-33-23-22-31(26-40(33)46-42(34)35)29-14-7-5-8-15-29;1-15(2,3)13-9-10-14(16-11-13)12-7-5-4-6-8-12;/h5-18,20-28H,1-4H3;4-7,9-11H,1-3H3;/q2*-1;/i;4D,5D,6D;. The van der Waals surface area contributed by atoms with Gasteiger partial charge < -0.3 is 8.98 Å². The van der Waals surface area contributed by atoms with Crippen molar-refractivity contribution in [3.8, 4) is 50.6 Å². The van der Waals surface area contributed by atoms with Crippen molar-refractivity contribution < 1.29 is 28.6 Å². The van der Waals surface area contributed by atoms with Crippen molar-refractivity contribution in [3.05, 3.63) is 193 Å². The Morgan fingerprint density at radius 2 is 1.32 bits per heavy atom. The Bertz CT molecular complexity index is 3290. The second kappa shape index (κ2) is 18.5. The molecule has 0 saturated carbocycles. The minimum atomic E-state index is -1.86. The third-order valence-corrected chi connectivity index (χ3v) is 15.8. The molecule has 0 N–H and O–H groups in total. The van der Waals surface area contributed by atoms with Crippen LogP contribution in [-0.2, 0) is 20.1 Å². The first-order chi connectivity index (χ1) is 31.3. The Morgan fingerprint density at radius 3 is 1.95 bits per heavy atom. The van der Waals surface area contributed by atoms with E-state index in [-0.39, 0.29) is 50.1 Å². The summed E-state index contributed by atoms with van der Waals surface area (Å²) in [5.74, 6) is 8.33. The number of nitrogens with zero attached hydrogens (tertiary/aromatic N) is 3. The van der Waals surface area contributed by atoms with Gasteiger partial charge in [-0.1, -0.05) is 124 Å². The van der Waals surface area contributed by atoms with Gasteiger partial charge in [0.25, 0.3) is 0 Å². The Kier molecular flexibility index (Phi) is 11.7. The third-order valence-electron chi connectivity index (χ3n) is 11.5. The van der Waals surface area contributed by atoms with Crippen LogP contribution in [0.4, 0.5) is 0 Å². The van der Waals surface area contributed by atoms with Gasteiger partial charge >= 0.3 is 104 Å². The van der Waals surface area contributed by atoms with E-state index in [0.29, 0.717) is 11.3 Å². The zero-order valence-electron chi connectivity index (χ0n) is 39.7. The molecule has 63 heavy (non-hydrogen) atoms. The molecule has 0 unspecified atom stereocenters. The van der Waals surface area contributed by atoms with Crippen LogP contribution in [-0.4, -0.2) is 27.8 Å². The SMILES string of the molecule is CC(C)c1cc(-c2ccccc2)cc(C(C)C)c1-n1c(-c2[c-]ccc3c2oc2cc(-c4ccccc4)ccc23)nc2ccccc21.[2H]c1[c-]c(-c2cc[c]([Ge]([CH3])([CH3])[CH3])cn2)cc([2H])c1[2H].[Ir]. The molecule has 10 aromatic rings. The van der Waals surface area contributed by atoms with Gasteiger partial charge in [0.15, 0.2) is 0 Å². The van der Waals surface area contributed by atoms with E-state index in [1.807, 2.05) is 24.4 Å². The summed E-state index contributed by atoms with van der Waals surface area (Å²) in [5.41, 5.74) is 14.4. The first kappa shape index (κ1) is 40.0. The van der Waals surface area contributed by atoms with Gasteiger partial charge in [0.1, 0.15) is 5.58 Å². The number of fused-ring (bicyclic) bond motifs is 4. The fraction of sp³-hybridized carbons (Fsp3) is 0.158. The van der Waals surface area contributed by atoms with Crippen LogP contribution in [0.3, 0.4) is 0 Å². The summed E-state index contributed by atoms with van der Waals surface area (Å²) in [6, 6.07) is 56.7. The van der Waals surface area contributed by atoms with E-state index >= 15 is 0 Å². The number of benzene rings is 7. The maximum Gasteiger partial charge on any atom is 0 e. The molecule has 10 rings (SSSR count). The van der Waals surface area contributed by atoms with Gasteiger partial charge in [-0.15, -0.1) is 18.2 Å². The molecule has 0 fully saturated rings. The van der Waals surface area contributed by atoms with Crippen molar-refractivity contribution in [3.63, 3.8) is 0 Å². The van der Waals surface area contributed by atoms with Crippen LogP contribution >= 0.6 is 0 Å². The number of hydrogen-bond donors (Lipinski definition) is 0. The van der Waals surface area contributed by atoms with Gasteiger partial charge in [0, 0.05) is 31.2 Å². The Labute approximate surface area is 392 Å². The second-order valence-electron chi connectivity index (χ2n) is 17.5. The van der Waals surface area contributed by atoms with Gasteiger partial charge in [-0.3, -0.25) is 4.98 Å². The summed E-state index contributed by atoms with van der Waals surface area (Å²) in [6.07, 6.45) is 1.89. The molecule has 0 spiro atoms. The van der Waals surface area contributed by atoms with E-state index in [9.17, 15) is 0 Å². The number of imidazole rings is 1. The number of aromatic nitrogens is 3. The second-order valence-corrected chi connectivity index (χ2v) is 28.1. The van der Waals surface area contributed by atoms with Gasteiger partial charge in [-0.25, -0.2) is 0 Å². The molecule has 3 heterocycles. The van der Waals surface area contributed by atoms with E-state index in [1.54, 1.807) is 6.07 Å². The van der Waals surface area contributed by atoms with Crippen LogP contribution in [0.2, 0.25) is 17.3 Å². The maximum absolute atomic E-state index is 7.65. The van der Waals surface area contributed by atoms with E-state index in [0.717, 1.165) is 49.9 Å². The maximum atomic E-state index is 7.65. The quantitative estimate of drug-likeness (QED) is 0.113. The first-order valence-electron chi connectivity index (χ1n) is 22.9. The van der Waals surface area contributed by atoms with Crippen LogP contribution in [0.15, 0.2) is 174 Å². The molecule has 0 aliphatic heterocycles. The zero-order chi connectivity index (χ0) is 45.6. The molecule has 1 radical (unpaired) electrons. The molecule has 4 nitrogen and oxygen atoms in total. The smallest absolute Gasteiger partial charge is 0 e. The molecule has 0 saturated heterocycles. The van der Waals surface area contributed by atoms with Crippen LogP contribution < -0.4 is 4.40 Å². The fourth-order valence-electron chi connectivity index (χ4n) is 8.17. The largest absolute Gasteiger partial charge is 0 e. The van der Waals surface area contributed by atoms with Gasteiger partial charge in [0.2, 0.25) is 0 Å². The van der Waals surface area contributed by atoms with E-state index in [2.05, 4.69) is 188 Å². The minimum Gasteiger partial charge on any atom is 0 e. The summed E-state index contributed by atoms with van der Waals surface area (Å²) in [5, 5.41) is 2.15. The van der Waals surface area contributed by atoms with Crippen molar-refractivity contribution in [2.24, 2.45) is 0 Å². The molecule has 7 aromatic carbocycles. The first-order valence-corrected chi connectivity index (χ1v) is 28.7. The van der Waals surface area contributed by atoms with Crippen molar-refractivity contribution >= 4 is 50.6 Å². The van der Waals surface area contributed by atoms with Crippen LogP contribution in [0.5, 0.6) is 0 Å². The summed E-state index contributed by atoms with van der Waals surface area (Å²) < 4.78 is 33.2. The van der Waals surface area contributed by atoms with Gasteiger partial charge in [-0.2, -0.15) is 0 Å². The average Bonchev–Trinajstić information content (AvgIpc) is 3.89. The molecule has 6 heteroatoms. The average molecular weight is 1060 g/mol.